The number of carboxylic acid groups (broad SMARTS) is 1. The summed E-state index contributed by atoms with van der Waals surface area (Å²) in [5.41, 5.74) is 0. The van der Waals surface area contributed by atoms with E-state index in [-0.39, 0.29) is 12.8 Å². The molecule has 0 aliphatic rings. The number of aliphatic hydroxyl groups excluding tert-OH is 1. The minimum atomic E-state index is -4.74. The maximum absolute atomic E-state index is 12.2. The summed E-state index contributed by atoms with van der Waals surface area (Å²) in [6.45, 7) is 2.48. The van der Waals surface area contributed by atoms with E-state index in [0.29, 0.717) is 12.8 Å². The number of hydrogen-bond donors (Lipinski definition) is 4. The molecule has 1 amide bonds. The van der Waals surface area contributed by atoms with Gasteiger partial charge in [-0.1, -0.05) is 116 Å². The Kier molecular flexibility index (Phi) is 29.4. The van der Waals surface area contributed by atoms with E-state index in [4.69, 9.17) is 13.8 Å². The van der Waals surface area contributed by atoms with E-state index < -0.39 is 57.6 Å². The number of phosphoric ester groups is 1. The monoisotopic (exact) mass is 677 g/mol. The Morgan fingerprint density at radius 1 is 0.674 bits per heavy atom. The molecule has 3 unspecified atom stereocenters. The van der Waals surface area contributed by atoms with Crippen molar-refractivity contribution in [1.29, 1.82) is 0 Å². The number of hydrogen-bond acceptors (Lipinski definition) is 8. The number of carbonyl (C=O) groups is 3. The van der Waals surface area contributed by atoms with Gasteiger partial charge in [-0.05, 0) is 38.5 Å². The van der Waals surface area contributed by atoms with Gasteiger partial charge in [-0.25, -0.2) is 9.36 Å². The number of carboxylic acids is 1. The van der Waals surface area contributed by atoms with Crippen LogP contribution >= 0.6 is 7.82 Å². The van der Waals surface area contributed by atoms with Gasteiger partial charge in [0.1, 0.15) is 12.7 Å². The molecule has 0 saturated carbocycles. The fourth-order valence-corrected chi connectivity index (χ4v) is 5.49. The summed E-state index contributed by atoms with van der Waals surface area (Å²) in [4.78, 5) is 45.4. The van der Waals surface area contributed by atoms with Gasteiger partial charge in [0.25, 0.3) is 0 Å². The van der Waals surface area contributed by atoms with Crippen molar-refractivity contribution in [2.24, 2.45) is 0 Å². The number of phosphoric acid groups is 1. The topological polar surface area (TPSA) is 169 Å². The smallest absolute Gasteiger partial charge is 0.472 e. The van der Waals surface area contributed by atoms with Crippen LogP contribution in [0.2, 0.25) is 0 Å². The number of ether oxygens (including phenoxy) is 1. The van der Waals surface area contributed by atoms with Crippen LogP contribution < -0.4 is 5.32 Å². The van der Waals surface area contributed by atoms with Crippen LogP contribution in [0.5, 0.6) is 0 Å². The lowest BCUT2D eigenvalue weighted by atomic mass is 10.1. The lowest BCUT2D eigenvalue weighted by molar-refractivity contribution is -0.147. The van der Waals surface area contributed by atoms with Crippen LogP contribution in [-0.2, 0) is 32.7 Å². The number of nitrogens with one attached hydrogen (secondary N) is 1. The Hall–Kier alpha value is -1.78. The molecule has 46 heavy (non-hydrogen) atoms. The third-order valence-corrected chi connectivity index (χ3v) is 8.51. The second kappa shape index (κ2) is 30.5. The SMILES string of the molecule is CCCCCCCCC/C=C\CCCCCCCC(=O)NC(COP(=O)(O)OCC(O)COC(=O)CCCCCCCC)C(=O)O. The fourth-order valence-electron chi connectivity index (χ4n) is 4.72. The zero-order valence-electron chi connectivity index (χ0n) is 28.6. The number of carbonyl (C=O) groups excluding carboxylic acids is 2. The molecule has 4 N–H and O–H groups in total. The molecule has 11 nitrogen and oxygen atoms in total. The Morgan fingerprint density at radius 2 is 1.13 bits per heavy atom. The molecule has 0 bridgehead atoms. The van der Waals surface area contributed by atoms with Crippen LogP contribution in [0, 0.1) is 0 Å². The lowest BCUT2D eigenvalue weighted by Gasteiger charge is -2.18. The fraction of sp³-hybridized carbons (Fsp3) is 0.853. The highest BCUT2D eigenvalue weighted by molar-refractivity contribution is 7.47. The van der Waals surface area contributed by atoms with Gasteiger partial charge >= 0.3 is 19.8 Å². The second-order valence-electron chi connectivity index (χ2n) is 12.1. The van der Waals surface area contributed by atoms with Crippen LogP contribution in [0.15, 0.2) is 12.2 Å². The van der Waals surface area contributed by atoms with E-state index in [0.717, 1.165) is 64.2 Å². The first-order valence-corrected chi connectivity index (χ1v) is 19.2. The molecule has 0 fully saturated rings. The van der Waals surface area contributed by atoms with Crippen molar-refractivity contribution in [2.45, 2.75) is 167 Å². The molecule has 3 atom stereocenters. The average Bonchev–Trinajstić information content (AvgIpc) is 3.02. The van der Waals surface area contributed by atoms with Gasteiger partial charge < -0.3 is 25.2 Å². The van der Waals surface area contributed by atoms with Gasteiger partial charge in [0.05, 0.1) is 13.2 Å². The predicted molar refractivity (Wildman–Crippen MR) is 180 cm³/mol. The maximum atomic E-state index is 12.2. The Labute approximate surface area is 277 Å². The zero-order valence-corrected chi connectivity index (χ0v) is 29.5. The number of aliphatic carboxylic acids is 1. The van der Waals surface area contributed by atoms with Gasteiger partial charge in [0.2, 0.25) is 5.91 Å². The summed E-state index contributed by atoms with van der Waals surface area (Å²) >= 11 is 0. The summed E-state index contributed by atoms with van der Waals surface area (Å²) in [5.74, 6) is -2.39. The van der Waals surface area contributed by atoms with Crippen molar-refractivity contribution in [1.82, 2.24) is 5.32 Å². The molecule has 0 saturated heterocycles. The number of rotatable bonds is 33. The van der Waals surface area contributed by atoms with Gasteiger partial charge in [-0.3, -0.25) is 18.6 Å². The van der Waals surface area contributed by atoms with Gasteiger partial charge in [-0.15, -0.1) is 0 Å². The molecule has 0 rings (SSSR count). The Morgan fingerprint density at radius 3 is 1.65 bits per heavy atom. The van der Waals surface area contributed by atoms with Gasteiger partial charge in [0, 0.05) is 12.8 Å². The molecular formula is C34H64NO10P. The Balaban J connectivity index is 3.99. The Bertz CT molecular complexity index is 854. The molecule has 0 heterocycles. The molecule has 0 aliphatic heterocycles. The first-order valence-electron chi connectivity index (χ1n) is 17.7. The van der Waals surface area contributed by atoms with E-state index in [9.17, 15) is 34.1 Å². The number of unbranched alkanes of at least 4 members (excludes halogenated alkanes) is 17. The van der Waals surface area contributed by atoms with Crippen LogP contribution in [0.25, 0.3) is 0 Å². The molecule has 0 aromatic carbocycles. The first-order chi connectivity index (χ1) is 22.1. The van der Waals surface area contributed by atoms with E-state index in [1.165, 1.54) is 51.4 Å². The minimum Gasteiger partial charge on any atom is -0.480 e. The summed E-state index contributed by atoms with van der Waals surface area (Å²) in [6, 6.07) is -1.54. The highest BCUT2D eigenvalue weighted by Crippen LogP contribution is 2.43. The van der Waals surface area contributed by atoms with Crippen LogP contribution in [-0.4, -0.2) is 64.9 Å². The predicted octanol–water partition coefficient (Wildman–Crippen LogP) is 7.77. The van der Waals surface area contributed by atoms with E-state index in [2.05, 4.69) is 31.3 Å². The third-order valence-electron chi connectivity index (χ3n) is 7.55. The standard InChI is InChI=1S/C34H64NO10P/c1-3-5-7-9-11-12-13-14-15-16-17-18-19-20-21-23-25-32(37)35-31(34(39)40)29-45-46(41,42)44-28-30(36)27-43-33(38)26-24-22-10-8-6-4-2/h15-16,30-31,36H,3-14,17-29H2,1-2H3,(H,35,37)(H,39,40)(H,41,42)/b16-15-. The van der Waals surface area contributed by atoms with Gasteiger partial charge in [0.15, 0.2) is 6.04 Å². The number of aliphatic hydroxyl groups is 1. The van der Waals surface area contributed by atoms with Crippen molar-refractivity contribution in [3.8, 4) is 0 Å². The van der Waals surface area contributed by atoms with E-state index in [1.54, 1.807) is 0 Å². The largest absolute Gasteiger partial charge is 0.480 e. The molecular weight excluding hydrogens is 613 g/mol. The summed E-state index contributed by atoms with van der Waals surface area (Å²) < 4.78 is 26.5. The van der Waals surface area contributed by atoms with Crippen molar-refractivity contribution < 1.29 is 47.8 Å². The molecule has 0 spiro atoms. The van der Waals surface area contributed by atoms with Crippen molar-refractivity contribution in [3.05, 3.63) is 12.2 Å². The number of allylic oxidation sites excluding steroid dienone is 2. The van der Waals surface area contributed by atoms with E-state index in [1.807, 2.05) is 0 Å². The average molecular weight is 678 g/mol. The number of esters is 1. The van der Waals surface area contributed by atoms with E-state index >= 15 is 0 Å². The molecule has 0 aromatic heterocycles. The zero-order chi connectivity index (χ0) is 34.3. The van der Waals surface area contributed by atoms with Crippen LogP contribution in [0.3, 0.4) is 0 Å². The molecule has 0 radical (unpaired) electrons. The van der Waals surface area contributed by atoms with Crippen molar-refractivity contribution in [3.63, 3.8) is 0 Å². The van der Waals surface area contributed by atoms with Crippen LogP contribution in [0.1, 0.15) is 155 Å². The highest BCUT2D eigenvalue weighted by atomic mass is 31.2. The molecule has 0 aliphatic carbocycles. The maximum Gasteiger partial charge on any atom is 0.472 e. The molecule has 12 heteroatoms. The molecule has 0 aromatic rings. The summed E-state index contributed by atoms with van der Waals surface area (Å²) in [7, 11) is -4.74. The van der Waals surface area contributed by atoms with Gasteiger partial charge in [-0.2, -0.15) is 0 Å². The third kappa shape index (κ3) is 29.6. The summed E-state index contributed by atoms with van der Waals surface area (Å²) in [6.07, 6.45) is 25.7. The highest BCUT2D eigenvalue weighted by Gasteiger charge is 2.28. The second-order valence-corrected chi connectivity index (χ2v) is 13.5. The quantitative estimate of drug-likeness (QED) is 0.0233. The summed E-state index contributed by atoms with van der Waals surface area (Å²) in [5, 5.41) is 21.6. The first kappa shape index (κ1) is 44.2. The van der Waals surface area contributed by atoms with Crippen molar-refractivity contribution in [2.75, 3.05) is 19.8 Å². The van der Waals surface area contributed by atoms with Crippen LogP contribution in [0.4, 0.5) is 0 Å². The normalized spacial score (nSPS) is 14.2. The molecule has 270 valence electrons. The lowest BCUT2D eigenvalue weighted by Crippen LogP contribution is -2.43. The minimum absolute atomic E-state index is 0.138. The number of amides is 1. The van der Waals surface area contributed by atoms with Crippen molar-refractivity contribution >= 4 is 25.7 Å².